The number of ether oxygens (including phenoxy) is 2. The van der Waals surface area contributed by atoms with Crippen LogP contribution in [0.4, 0.5) is 14.5 Å². The standard InChI is InChI=1S/C18H19F2N3O2/c1-11-7-15(14(9-21)12(2)22-11)23(3)10-13-5-6-16(24-4)17(8-13)25-18(19)20/h5-8,18H,10H2,1-4H3. The molecule has 0 amide bonds. The number of methoxy groups -OCH3 is 1. The Labute approximate surface area is 145 Å². The molecule has 25 heavy (non-hydrogen) atoms. The van der Waals surface area contributed by atoms with E-state index in [2.05, 4.69) is 15.8 Å². The Bertz CT molecular complexity index is 804. The zero-order valence-electron chi connectivity index (χ0n) is 14.5. The van der Waals surface area contributed by atoms with Gasteiger partial charge in [-0.2, -0.15) is 14.0 Å². The summed E-state index contributed by atoms with van der Waals surface area (Å²) in [4.78, 5) is 6.16. The van der Waals surface area contributed by atoms with Crippen LogP contribution in [0.25, 0.3) is 0 Å². The molecule has 0 atom stereocenters. The molecule has 1 aromatic carbocycles. The van der Waals surface area contributed by atoms with Crippen LogP contribution in [0.2, 0.25) is 0 Å². The first-order chi connectivity index (χ1) is 11.8. The van der Waals surface area contributed by atoms with Gasteiger partial charge in [0.25, 0.3) is 0 Å². The summed E-state index contributed by atoms with van der Waals surface area (Å²) in [5.41, 5.74) is 3.43. The molecule has 2 rings (SSSR count). The molecule has 0 fully saturated rings. The molecular formula is C18H19F2N3O2. The fraction of sp³-hybridized carbons (Fsp3) is 0.333. The number of alkyl halides is 2. The molecule has 0 bridgehead atoms. The summed E-state index contributed by atoms with van der Waals surface area (Å²) in [5.74, 6) is 0.214. The van der Waals surface area contributed by atoms with Gasteiger partial charge in [-0.1, -0.05) is 6.07 Å². The first-order valence-electron chi connectivity index (χ1n) is 7.57. The van der Waals surface area contributed by atoms with Gasteiger partial charge >= 0.3 is 6.61 Å². The molecule has 1 heterocycles. The van der Waals surface area contributed by atoms with Gasteiger partial charge < -0.3 is 14.4 Å². The summed E-state index contributed by atoms with van der Waals surface area (Å²) in [6.07, 6.45) is 0. The number of anilines is 1. The first-order valence-corrected chi connectivity index (χ1v) is 7.57. The van der Waals surface area contributed by atoms with Crippen molar-refractivity contribution in [2.24, 2.45) is 0 Å². The topological polar surface area (TPSA) is 58.4 Å². The van der Waals surface area contributed by atoms with Crippen molar-refractivity contribution in [2.45, 2.75) is 27.0 Å². The fourth-order valence-corrected chi connectivity index (χ4v) is 2.61. The van der Waals surface area contributed by atoms with Gasteiger partial charge in [0, 0.05) is 19.3 Å². The zero-order valence-corrected chi connectivity index (χ0v) is 14.5. The van der Waals surface area contributed by atoms with Gasteiger partial charge in [0.05, 0.1) is 24.1 Å². The normalized spacial score (nSPS) is 10.5. The number of nitrogens with zero attached hydrogens (tertiary/aromatic N) is 3. The average Bonchev–Trinajstić information content (AvgIpc) is 2.54. The second-order valence-corrected chi connectivity index (χ2v) is 5.57. The molecule has 0 unspecified atom stereocenters. The molecule has 0 aliphatic heterocycles. The van der Waals surface area contributed by atoms with E-state index in [1.165, 1.54) is 13.2 Å². The SMILES string of the molecule is COc1ccc(CN(C)c2cc(C)nc(C)c2C#N)cc1OC(F)F. The van der Waals surface area contributed by atoms with E-state index in [-0.39, 0.29) is 11.5 Å². The fourth-order valence-electron chi connectivity index (χ4n) is 2.61. The van der Waals surface area contributed by atoms with Crippen LogP contribution in [0.1, 0.15) is 22.5 Å². The highest BCUT2D eigenvalue weighted by molar-refractivity contribution is 5.61. The number of hydrogen-bond acceptors (Lipinski definition) is 5. The summed E-state index contributed by atoms with van der Waals surface area (Å²) < 4.78 is 34.6. The number of aromatic nitrogens is 1. The van der Waals surface area contributed by atoms with Crippen LogP contribution in [0.3, 0.4) is 0 Å². The quantitative estimate of drug-likeness (QED) is 0.795. The molecule has 0 aliphatic carbocycles. The van der Waals surface area contributed by atoms with E-state index in [1.54, 1.807) is 19.1 Å². The molecule has 0 N–H and O–H groups in total. The van der Waals surface area contributed by atoms with E-state index < -0.39 is 6.61 Å². The van der Waals surface area contributed by atoms with Crippen molar-refractivity contribution in [3.05, 3.63) is 46.8 Å². The van der Waals surface area contributed by atoms with Crippen molar-refractivity contribution in [1.82, 2.24) is 4.98 Å². The van der Waals surface area contributed by atoms with Crippen molar-refractivity contribution in [3.63, 3.8) is 0 Å². The molecule has 5 nitrogen and oxygen atoms in total. The third-order valence-electron chi connectivity index (χ3n) is 3.69. The zero-order chi connectivity index (χ0) is 18.6. The lowest BCUT2D eigenvalue weighted by atomic mass is 10.1. The highest BCUT2D eigenvalue weighted by atomic mass is 19.3. The Hall–Kier alpha value is -2.88. The summed E-state index contributed by atoms with van der Waals surface area (Å²) in [7, 11) is 3.22. The van der Waals surface area contributed by atoms with Crippen molar-refractivity contribution in [1.29, 1.82) is 5.26 Å². The Kier molecular flexibility index (Phi) is 5.75. The third kappa shape index (κ3) is 4.35. The maximum atomic E-state index is 12.6. The summed E-state index contributed by atoms with van der Waals surface area (Å²) >= 11 is 0. The van der Waals surface area contributed by atoms with E-state index in [0.29, 0.717) is 17.8 Å². The van der Waals surface area contributed by atoms with Gasteiger partial charge in [-0.3, -0.25) is 4.98 Å². The van der Waals surface area contributed by atoms with Gasteiger partial charge in [-0.05, 0) is 37.6 Å². The molecule has 2 aromatic rings. The molecule has 7 heteroatoms. The van der Waals surface area contributed by atoms with E-state index in [1.807, 2.05) is 24.9 Å². The monoisotopic (exact) mass is 347 g/mol. The van der Waals surface area contributed by atoms with E-state index in [4.69, 9.17) is 4.74 Å². The second kappa shape index (κ2) is 7.79. The van der Waals surface area contributed by atoms with Crippen molar-refractivity contribution in [3.8, 4) is 17.6 Å². The maximum absolute atomic E-state index is 12.6. The van der Waals surface area contributed by atoms with Gasteiger partial charge in [-0.15, -0.1) is 0 Å². The highest BCUT2D eigenvalue weighted by Crippen LogP contribution is 2.31. The lowest BCUT2D eigenvalue weighted by Crippen LogP contribution is -2.19. The van der Waals surface area contributed by atoms with Crippen LogP contribution >= 0.6 is 0 Å². The Morgan fingerprint density at radius 2 is 1.96 bits per heavy atom. The van der Waals surface area contributed by atoms with E-state index in [9.17, 15) is 14.0 Å². The van der Waals surface area contributed by atoms with Crippen LogP contribution < -0.4 is 14.4 Å². The summed E-state index contributed by atoms with van der Waals surface area (Å²) in [6.45, 7) is 1.11. The number of halogens is 2. The van der Waals surface area contributed by atoms with E-state index >= 15 is 0 Å². The minimum absolute atomic E-state index is 0.0222. The maximum Gasteiger partial charge on any atom is 0.387 e. The number of benzene rings is 1. The smallest absolute Gasteiger partial charge is 0.387 e. The Morgan fingerprint density at radius 3 is 2.56 bits per heavy atom. The second-order valence-electron chi connectivity index (χ2n) is 5.57. The lowest BCUT2D eigenvalue weighted by Gasteiger charge is -2.22. The van der Waals surface area contributed by atoms with Crippen molar-refractivity contribution < 1.29 is 18.3 Å². The van der Waals surface area contributed by atoms with Gasteiger partial charge in [0.2, 0.25) is 0 Å². The highest BCUT2D eigenvalue weighted by Gasteiger charge is 2.15. The number of nitriles is 1. The lowest BCUT2D eigenvalue weighted by molar-refractivity contribution is -0.0512. The molecule has 0 saturated carbocycles. The van der Waals surface area contributed by atoms with Crippen molar-refractivity contribution in [2.75, 3.05) is 19.1 Å². The van der Waals surface area contributed by atoms with Gasteiger partial charge in [-0.25, -0.2) is 0 Å². The summed E-state index contributed by atoms with van der Waals surface area (Å²) in [6, 6.07) is 8.84. The van der Waals surface area contributed by atoms with E-state index in [0.717, 1.165) is 16.9 Å². The van der Waals surface area contributed by atoms with Crippen LogP contribution in [0, 0.1) is 25.2 Å². The molecule has 0 spiro atoms. The van der Waals surface area contributed by atoms with Crippen LogP contribution in [-0.2, 0) is 6.54 Å². The molecule has 0 saturated heterocycles. The van der Waals surface area contributed by atoms with Crippen LogP contribution in [-0.4, -0.2) is 25.8 Å². The minimum atomic E-state index is -2.93. The molecule has 132 valence electrons. The largest absolute Gasteiger partial charge is 0.493 e. The molecule has 0 aliphatic rings. The predicted molar refractivity (Wildman–Crippen MR) is 90.2 cm³/mol. The average molecular weight is 347 g/mol. The third-order valence-corrected chi connectivity index (χ3v) is 3.69. The predicted octanol–water partition coefficient (Wildman–Crippen LogP) is 3.82. The van der Waals surface area contributed by atoms with Crippen molar-refractivity contribution >= 4 is 5.69 Å². The Balaban J connectivity index is 2.32. The molecular weight excluding hydrogens is 328 g/mol. The number of aryl methyl sites for hydroxylation is 2. The summed E-state index contributed by atoms with van der Waals surface area (Å²) in [5, 5.41) is 9.38. The number of rotatable bonds is 6. The van der Waals surface area contributed by atoms with Gasteiger partial charge in [0.1, 0.15) is 6.07 Å². The van der Waals surface area contributed by atoms with Crippen LogP contribution in [0.15, 0.2) is 24.3 Å². The number of hydrogen-bond donors (Lipinski definition) is 0. The number of pyridine rings is 1. The van der Waals surface area contributed by atoms with Gasteiger partial charge in [0.15, 0.2) is 11.5 Å². The van der Waals surface area contributed by atoms with Crippen LogP contribution in [0.5, 0.6) is 11.5 Å². The molecule has 1 aromatic heterocycles. The Morgan fingerprint density at radius 1 is 1.24 bits per heavy atom. The first kappa shape index (κ1) is 18.5. The molecule has 0 radical (unpaired) electrons. The minimum Gasteiger partial charge on any atom is -0.493 e.